The van der Waals surface area contributed by atoms with Crippen LogP contribution in [0.2, 0.25) is 0 Å². The van der Waals surface area contributed by atoms with Gasteiger partial charge in [-0.2, -0.15) is 5.10 Å². The Balaban J connectivity index is 1.34. The number of nitrogens with one attached hydrogen (secondary N) is 2. The number of amides is 2. The molecule has 1 aliphatic rings. The van der Waals surface area contributed by atoms with Crippen molar-refractivity contribution >= 4 is 23.7 Å². The lowest BCUT2D eigenvalue weighted by Gasteiger charge is -2.17. The standard InChI is InChI=1S/C24H24N4O6/c1-28-21(23(30)31)19(11-26-28)27-22(29)20(33-2)12-25-24(32)34-13-18-16-9-5-3-7-14(16)15-8-4-6-10-17(15)18/h3-11,18,20H,12-13H2,1-2H3,(H,25,32)(H,27,29)(H,30,31). The molecule has 4 rings (SSSR count). The SMILES string of the molecule is COC(CNC(=O)OCC1c2ccccc2-c2ccccc21)C(=O)Nc1cnn(C)c1C(=O)O. The molecule has 0 aliphatic heterocycles. The second kappa shape index (κ2) is 9.75. The van der Waals surface area contributed by atoms with E-state index in [2.05, 4.69) is 15.7 Å². The maximum atomic E-state index is 12.5. The third-order valence-electron chi connectivity index (χ3n) is 5.75. The van der Waals surface area contributed by atoms with Crippen molar-refractivity contribution < 1.29 is 29.0 Å². The molecule has 10 heteroatoms. The number of carboxylic acids is 1. The van der Waals surface area contributed by atoms with Gasteiger partial charge in [0.15, 0.2) is 11.8 Å². The molecule has 0 saturated heterocycles. The Bertz CT molecular complexity index is 1190. The summed E-state index contributed by atoms with van der Waals surface area (Å²) in [7, 11) is 2.76. The van der Waals surface area contributed by atoms with Gasteiger partial charge in [-0.05, 0) is 22.3 Å². The summed E-state index contributed by atoms with van der Waals surface area (Å²) in [6.07, 6.45) is -0.529. The molecule has 3 aromatic rings. The number of hydrogen-bond acceptors (Lipinski definition) is 6. The zero-order valence-corrected chi connectivity index (χ0v) is 18.6. The molecule has 0 fully saturated rings. The smallest absolute Gasteiger partial charge is 0.407 e. The number of nitrogens with zero attached hydrogens (tertiary/aromatic N) is 2. The van der Waals surface area contributed by atoms with Crippen molar-refractivity contribution in [3.8, 4) is 11.1 Å². The lowest BCUT2D eigenvalue weighted by Crippen LogP contribution is -2.41. The maximum Gasteiger partial charge on any atom is 0.407 e. The van der Waals surface area contributed by atoms with E-state index in [0.717, 1.165) is 26.9 Å². The van der Waals surface area contributed by atoms with Crippen LogP contribution in [0.4, 0.5) is 10.5 Å². The normalized spacial score (nSPS) is 13.0. The van der Waals surface area contributed by atoms with E-state index in [9.17, 15) is 19.5 Å². The van der Waals surface area contributed by atoms with Crippen molar-refractivity contribution in [3.63, 3.8) is 0 Å². The predicted molar refractivity (Wildman–Crippen MR) is 123 cm³/mol. The first-order valence-electron chi connectivity index (χ1n) is 10.6. The number of aryl methyl sites for hydroxylation is 1. The van der Waals surface area contributed by atoms with E-state index in [1.54, 1.807) is 0 Å². The molecule has 0 bridgehead atoms. The van der Waals surface area contributed by atoms with Crippen molar-refractivity contribution in [2.75, 3.05) is 25.6 Å². The number of carbonyl (C=O) groups is 3. The van der Waals surface area contributed by atoms with Gasteiger partial charge >= 0.3 is 12.1 Å². The summed E-state index contributed by atoms with van der Waals surface area (Å²) < 4.78 is 11.7. The lowest BCUT2D eigenvalue weighted by molar-refractivity contribution is -0.125. The van der Waals surface area contributed by atoms with Gasteiger partial charge in [0.05, 0.1) is 18.4 Å². The molecule has 1 aromatic heterocycles. The van der Waals surface area contributed by atoms with E-state index in [0.29, 0.717) is 0 Å². The molecular formula is C24H24N4O6. The quantitative estimate of drug-likeness (QED) is 0.467. The molecule has 0 radical (unpaired) electrons. The molecule has 1 atom stereocenters. The number of aromatic carboxylic acids is 1. The summed E-state index contributed by atoms with van der Waals surface area (Å²) in [5.74, 6) is -1.95. The number of alkyl carbamates (subject to hydrolysis) is 1. The zero-order chi connectivity index (χ0) is 24.2. The van der Waals surface area contributed by atoms with Gasteiger partial charge in [-0.3, -0.25) is 9.48 Å². The van der Waals surface area contributed by atoms with Crippen LogP contribution in [0, 0.1) is 0 Å². The largest absolute Gasteiger partial charge is 0.476 e. The zero-order valence-electron chi connectivity index (χ0n) is 18.6. The van der Waals surface area contributed by atoms with E-state index in [-0.39, 0.29) is 30.5 Å². The maximum absolute atomic E-state index is 12.5. The van der Waals surface area contributed by atoms with Crippen LogP contribution in [0.15, 0.2) is 54.7 Å². The molecule has 1 aliphatic carbocycles. The van der Waals surface area contributed by atoms with Gasteiger partial charge in [0.25, 0.3) is 5.91 Å². The minimum atomic E-state index is -1.24. The summed E-state index contributed by atoms with van der Waals surface area (Å²) >= 11 is 0. The Labute approximate surface area is 195 Å². The first kappa shape index (κ1) is 23.0. The van der Waals surface area contributed by atoms with Crippen LogP contribution in [0.25, 0.3) is 11.1 Å². The number of ether oxygens (including phenoxy) is 2. The third-order valence-corrected chi connectivity index (χ3v) is 5.75. The van der Waals surface area contributed by atoms with Crippen LogP contribution in [-0.2, 0) is 21.3 Å². The van der Waals surface area contributed by atoms with Crippen molar-refractivity contribution in [1.29, 1.82) is 0 Å². The van der Waals surface area contributed by atoms with Gasteiger partial charge in [-0.1, -0.05) is 48.5 Å². The van der Waals surface area contributed by atoms with Crippen LogP contribution in [0.3, 0.4) is 0 Å². The molecule has 176 valence electrons. The van der Waals surface area contributed by atoms with Crippen molar-refractivity contribution in [3.05, 3.63) is 71.5 Å². The fourth-order valence-corrected chi connectivity index (χ4v) is 4.10. The Morgan fingerprint density at radius 1 is 1.09 bits per heavy atom. The Kier molecular flexibility index (Phi) is 6.60. The molecule has 3 N–H and O–H groups in total. The number of anilines is 1. The van der Waals surface area contributed by atoms with Crippen LogP contribution in [0.1, 0.15) is 27.5 Å². The molecule has 1 unspecified atom stereocenters. The Hall–Kier alpha value is -4.18. The number of fused-ring (bicyclic) bond motifs is 3. The Morgan fingerprint density at radius 2 is 1.71 bits per heavy atom. The van der Waals surface area contributed by atoms with Crippen molar-refractivity contribution in [2.45, 2.75) is 12.0 Å². The number of aromatic nitrogens is 2. The van der Waals surface area contributed by atoms with Gasteiger partial charge < -0.3 is 25.2 Å². The highest BCUT2D eigenvalue weighted by Gasteiger charge is 2.29. The molecule has 0 saturated carbocycles. The highest BCUT2D eigenvalue weighted by Crippen LogP contribution is 2.44. The molecule has 34 heavy (non-hydrogen) atoms. The van der Waals surface area contributed by atoms with E-state index in [1.807, 2.05) is 48.5 Å². The number of carbonyl (C=O) groups excluding carboxylic acids is 2. The molecule has 2 amide bonds. The van der Waals surface area contributed by atoms with Crippen molar-refractivity contribution in [2.24, 2.45) is 7.05 Å². The van der Waals surface area contributed by atoms with Crippen LogP contribution < -0.4 is 10.6 Å². The second-order valence-corrected chi connectivity index (χ2v) is 7.76. The van der Waals surface area contributed by atoms with Gasteiger partial charge in [0.2, 0.25) is 0 Å². The van der Waals surface area contributed by atoms with Crippen LogP contribution >= 0.6 is 0 Å². The van der Waals surface area contributed by atoms with Gasteiger partial charge in [0, 0.05) is 20.1 Å². The summed E-state index contributed by atoms with van der Waals surface area (Å²) in [5, 5.41) is 18.1. The highest BCUT2D eigenvalue weighted by molar-refractivity contribution is 6.01. The van der Waals surface area contributed by atoms with Crippen molar-refractivity contribution in [1.82, 2.24) is 15.1 Å². The van der Waals surface area contributed by atoms with E-state index < -0.39 is 24.1 Å². The third kappa shape index (κ3) is 4.48. The molecule has 1 heterocycles. The summed E-state index contributed by atoms with van der Waals surface area (Å²) in [5.41, 5.74) is 4.29. The molecule has 2 aromatic carbocycles. The monoisotopic (exact) mass is 464 g/mol. The number of methoxy groups -OCH3 is 1. The predicted octanol–water partition coefficient (Wildman–Crippen LogP) is 2.61. The minimum Gasteiger partial charge on any atom is -0.476 e. The molecule has 0 spiro atoms. The fraction of sp³-hybridized carbons (Fsp3) is 0.250. The first-order valence-corrected chi connectivity index (χ1v) is 10.6. The van der Waals surface area contributed by atoms with E-state index in [1.165, 1.54) is 20.4 Å². The lowest BCUT2D eigenvalue weighted by atomic mass is 9.98. The Morgan fingerprint density at radius 3 is 2.29 bits per heavy atom. The van der Waals surface area contributed by atoms with E-state index >= 15 is 0 Å². The fourth-order valence-electron chi connectivity index (χ4n) is 4.10. The number of benzene rings is 2. The molecule has 10 nitrogen and oxygen atoms in total. The van der Waals surface area contributed by atoms with Crippen LogP contribution in [0.5, 0.6) is 0 Å². The minimum absolute atomic E-state index is 0.0307. The highest BCUT2D eigenvalue weighted by atomic mass is 16.5. The average Bonchev–Trinajstić information content (AvgIpc) is 3.35. The first-order chi connectivity index (χ1) is 16.4. The van der Waals surface area contributed by atoms with Gasteiger partial charge in [-0.15, -0.1) is 0 Å². The molecular weight excluding hydrogens is 440 g/mol. The number of carboxylic acid groups (broad SMARTS) is 1. The topological polar surface area (TPSA) is 132 Å². The average molecular weight is 464 g/mol. The van der Waals surface area contributed by atoms with Crippen LogP contribution in [-0.4, -0.2) is 59.2 Å². The number of hydrogen-bond donors (Lipinski definition) is 3. The summed E-state index contributed by atoms with van der Waals surface area (Å²) in [6, 6.07) is 16.0. The number of rotatable bonds is 8. The summed E-state index contributed by atoms with van der Waals surface area (Å²) in [4.78, 5) is 36.2. The second-order valence-electron chi connectivity index (χ2n) is 7.76. The van der Waals surface area contributed by atoms with E-state index in [4.69, 9.17) is 9.47 Å². The van der Waals surface area contributed by atoms with Gasteiger partial charge in [-0.25, -0.2) is 9.59 Å². The summed E-state index contributed by atoms with van der Waals surface area (Å²) in [6.45, 7) is -0.0248. The van der Waals surface area contributed by atoms with Gasteiger partial charge in [0.1, 0.15) is 6.61 Å².